The van der Waals surface area contributed by atoms with Crippen LogP contribution in [-0.4, -0.2) is 25.2 Å². The van der Waals surface area contributed by atoms with Crippen molar-refractivity contribution < 1.29 is 14.3 Å². The lowest BCUT2D eigenvalue weighted by Crippen LogP contribution is -2.26. The number of primary amides is 1. The molecule has 3 aromatic rings. The first-order chi connectivity index (χ1) is 14.6. The second kappa shape index (κ2) is 8.66. The minimum Gasteiger partial charge on any atom is -0.449 e. The molecule has 150 valence electrons. The quantitative estimate of drug-likeness (QED) is 0.648. The van der Waals surface area contributed by atoms with E-state index in [1.165, 1.54) is 22.3 Å². The number of benzene rings is 3. The molecule has 30 heavy (non-hydrogen) atoms. The van der Waals surface area contributed by atoms with Gasteiger partial charge >= 0.3 is 6.09 Å². The summed E-state index contributed by atoms with van der Waals surface area (Å²) in [5.74, 6) is -0.433. The van der Waals surface area contributed by atoms with Crippen LogP contribution in [-0.2, 0) is 4.74 Å². The molecule has 2 amide bonds. The Morgan fingerprint density at radius 3 is 2.27 bits per heavy atom. The lowest BCUT2D eigenvalue weighted by molar-refractivity contribution is 0.1000. The van der Waals surface area contributed by atoms with Crippen molar-refractivity contribution in [1.29, 1.82) is 0 Å². The topological polar surface area (TPSA) is 81.4 Å². The molecule has 1 aliphatic rings. The van der Waals surface area contributed by atoms with Gasteiger partial charge in [0.2, 0.25) is 5.91 Å². The summed E-state index contributed by atoms with van der Waals surface area (Å²) in [5, 5.41) is 2.72. The van der Waals surface area contributed by atoms with Gasteiger partial charge in [0.15, 0.2) is 0 Å². The van der Waals surface area contributed by atoms with Crippen molar-refractivity contribution >= 4 is 18.1 Å². The van der Waals surface area contributed by atoms with Crippen molar-refractivity contribution in [3.63, 3.8) is 0 Å². The van der Waals surface area contributed by atoms with Gasteiger partial charge < -0.3 is 15.8 Å². The molecule has 5 nitrogen and oxygen atoms in total. The molecule has 3 aromatic carbocycles. The highest BCUT2D eigenvalue weighted by molar-refractivity contribution is 5.93. The first-order valence-corrected chi connectivity index (χ1v) is 9.79. The highest BCUT2D eigenvalue weighted by Gasteiger charge is 2.28. The second-order valence-corrected chi connectivity index (χ2v) is 7.10. The number of alkyl carbamates (subject to hydrolysis) is 1. The van der Waals surface area contributed by atoms with Crippen LogP contribution in [0.3, 0.4) is 0 Å². The fourth-order valence-corrected chi connectivity index (χ4v) is 3.78. The van der Waals surface area contributed by atoms with Gasteiger partial charge in [-0.3, -0.25) is 4.79 Å². The van der Waals surface area contributed by atoms with Gasteiger partial charge in [0.05, 0.1) is 0 Å². The molecule has 0 fully saturated rings. The van der Waals surface area contributed by atoms with Crippen LogP contribution in [0.4, 0.5) is 4.79 Å². The van der Waals surface area contributed by atoms with Crippen LogP contribution in [0.15, 0.2) is 78.9 Å². The Kier molecular flexibility index (Phi) is 5.61. The first kappa shape index (κ1) is 19.5. The standard InChI is InChI=1S/C25H22N2O3/c26-24(28)18-9-5-7-17(15-18)8-6-14-27-25(29)30-16-23-21-12-3-1-10-19(21)20-11-2-4-13-22(20)23/h1-13,15,23H,14,16H2,(H2,26,28)(H,27,29). The minimum absolute atomic E-state index is 0.0373. The largest absolute Gasteiger partial charge is 0.449 e. The van der Waals surface area contributed by atoms with Crippen LogP contribution in [0.2, 0.25) is 0 Å². The molecule has 1 aliphatic carbocycles. The van der Waals surface area contributed by atoms with E-state index in [0.717, 1.165) is 5.56 Å². The van der Waals surface area contributed by atoms with E-state index in [0.29, 0.717) is 12.1 Å². The Morgan fingerprint density at radius 2 is 1.60 bits per heavy atom. The van der Waals surface area contributed by atoms with E-state index in [-0.39, 0.29) is 12.5 Å². The van der Waals surface area contributed by atoms with Crippen molar-refractivity contribution in [2.24, 2.45) is 5.73 Å². The zero-order valence-electron chi connectivity index (χ0n) is 16.4. The lowest BCUT2D eigenvalue weighted by atomic mass is 9.98. The van der Waals surface area contributed by atoms with Crippen molar-refractivity contribution in [3.05, 3.63) is 101 Å². The molecule has 0 radical (unpaired) electrons. The fraction of sp³-hybridized carbons (Fsp3) is 0.120. The molecule has 0 saturated heterocycles. The summed E-state index contributed by atoms with van der Waals surface area (Å²) in [5.41, 5.74) is 11.3. The first-order valence-electron chi connectivity index (χ1n) is 9.79. The van der Waals surface area contributed by atoms with Gasteiger partial charge in [0, 0.05) is 18.0 Å². The molecule has 0 aliphatic heterocycles. The van der Waals surface area contributed by atoms with Crippen molar-refractivity contribution in [3.8, 4) is 11.1 Å². The summed E-state index contributed by atoms with van der Waals surface area (Å²) in [6, 6.07) is 23.4. The average Bonchev–Trinajstić information content (AvgIpc) is 3.09. The third-order valence-electron chi connectivity index (χ3n) is 5.19. The SMILES string of the molecule is NC(=O)c1cccc(C=CCNC(=O)OCC2c3ccccc3-c3ccccc32)c1. The van der Waals surface area contributed by atoms with Crippen LogP contribution in [0.1, 0.15) is 33.0 Å². The molecule has 4 rings (SSSR count). The molecular formula is C25H22N2O3. The minimum atomic E-state index is -0.470. The summed E-state index contributed by atoms with van der Waals surface area (Å²) >= 11 is 0. The monoisotopic (exact) mass is 398 g/mol. The van der Waals surface area contributed by atoms with E-state index >= 15 is 0 Å². The van der Waals surface area contributed by atoms with Gasteiger partial charge in [-0.25, -0.2) is 4.79 Å². The number of nitrogens with one attached hydrogen (secondary N) is 1. The number of carbonyl (C=O) groups excluding carboxylic acids is 2. The predicted molar refractivity (Wildman–Crippen MR) is 117 cm³/mol. The van der Waals surface area contributed by atoms with E-state index in [1.807, 2.05) is 36.4 Å². The summed E-state index contributed by atoms with van der Waals surface area (Å²) in [6.45, 7) is 0.599. The summed E-state index contributed by atoms with van der Waals surface area (Å²) in [7, 11) is 0. The number of rotatable bonds is 6. The molecule has 0 heterocycles. The highest BCUT2D eigenvalue weighted by Crippen LogP contribution is 2.44. The average molecular weight is 398 g/mol. The normalized spacial score (nSPS) is 12.4. The van der Waals surface area contributed by atoms with Crippen molar-refractivity contribution in [2.45, 2.75) is 5.92 Å². The Morgan fingerprint density at radius 1 is 0.933 bits per heavy atom. The summed E-state index contributed by atoms with van der Waals surface area (Å²) in [6.07, 6.45) is 3.14. The number of ether oxygens (including phenoxy) is 1. The summed E-state index contributed by atoms with van der Waals surface area (Å²) < 4.78 is 5.50. The molecule has 0 bridgehead atoms. The molecule has 5 heteroatoms. The van der Waals surface area contributed by atoms with Gasteiger partial charge in [-0.1, -0.05) is 72.8 Å². The fourth-order valence-electron chi connectivity index (χ4n) is 3.78. The number of nitrogens with two attached hydrogens (primary N) is 1. The van der Waals surface area contributed by atoms with Crippen molar-refractivity contribution in [1.82, 2.24) is 5.32 Å². The lowest BCUT2D eigenvalue weighted by Gasteiger charge is -2.14. The van der Waals surface area contributed by atoms with Crippen LogP contribution in [0.5, 0.6) is 0 Å². The van der Waals surface area contributed by atoms with E-state index in [4.69, 9.17) is 10.5 Å². The number of hydrogen-bond acceptors (Lipinski definition) is 3. The Balaban J connectivity index is 1.32. The second-order valence-electron chi connectivity index (χ2n) is 7.10. The number of carbonyl (C=O) groups is 2. The molecule has 0 spiro atoms. The van der Waals surface area contributed by atoms with Crippen LogP contribution in [0, 0.1) is 0 Å². The smallest absolute Gasteiger partial charge is 0.407 e. The number of fused-ring (bicyclic) bond motifs is 3. The molecule has 0 saturated carbocycles. The zero-order valence-corrected chi connectivity index (χ0v) is 16.4. The molecule has 0 atom stereocenters. The predicted octanol–water partition coefficient (Wildman–Crippen LogP) is 4.34. The highest BCUT2D eigenvalue weighted by atomic mass is 16.5. The Bertz CT molecular complexity index is 1080. The van der Waals surface area contributed by atoms with E-state index < -0.39 is 12.0 Å². The maximum Gasteiger partial charge on any atom is 0.407 e. The Labute approximate surface area is 175 Å². The number of hydrogen-bond donors (Lipinski definition) is 2. The van der Waals surface area contributed by atoms with E-state index in [2.05, 4.69) is 29.6 Å². The van der Waals surface area contributed by atoms with Gasteiger partial charge in [-0.15, -0.1) is 0 Å². The van der Waals surface area contributed by atoms with Crippen LogP contribution < -0.4 is 11.1 Å². The van der Waals surface area contributed by atoms with Gasteiger partial charge in [-0.2, -0.15) is 0 Å². The third kappa shape index (κ3) is 4.10. The molecule has 0 aromatic heterocycles. The van der Waals surface area contributed by atoms with Crippen LogP contribution >= 0.6 is 0 Å². The Hall–Kier alpha value is -3.86. The van der Waals surface area contributed by atoms with Gasteiger partial charge in [0.25, 0.3) is 0 Å². The van der Waals surface area contributed by atoms with Crippen LogP contribution in [0.25, 0.3) is 17.2 Å². The molecular weight excluding hydrogens is 376 g/mol. The molecule has 3 N–H and O–H groups in total. The van der Waals surface area contributed by atoms with Crippen molar-refractivity contribution in [2.75, 3.05) is 13.2 Å². The van der Waals surface area contributed by atoms with Gasteiger partial charge in [0.1, 0.15) is 6.61 Å². The van der Waals surface area contributed by atoms with E-state index in [1.54, 1.807) is 24.3 Å². The number of amides is 2. The maximum absolute atomic E-state index is 12.2. The molecule has 0 unspecified atom stereocenters. The van der Waals surface area contributed by atoms with Gasteiger partial charge in [-0.05, 0) is 39.9 Å². The third-order valence-corrected chi connectivity index (χ3v) is 5.19. The summed E-state index contributed by atoms with van der Waals surface area (Å²) in [4.78, 5) is 23.4. The zero-order chi connectivity index (χ0) is 20.9. The maximum atomic E-state index is 12.2. The van der Waals surface area contributed by atoms with E-state index in [9.17, 15) is 9.59 Å².